The highest BCUT2D eigenvalue weighted by molar-refractivity contribution is 8.76. The molecule has 1 aliphatic heterocycles. The molecule has 1 saturated carbocycles. The van der Waals surface area contributed by atoms with Crippen LogP contribution in [0.5, 0.6) is 5.75 Å². The molecule has 658 valence electrons. The molecular weight excluding hydrogens is 1580 g/mol. The number of esters is 1. The summed E-state index contributed by atoms with van der Waals surface area (Å²) in [6.07, 6.45) is 6.32. The minimum Gasteiger partial charge on any atom is -0.508 e. The molecule has 0 bridgehead atoms. The van der Waals surface area contributed by atoms with Crippen molar-refractivity contribution in [2.24, 2.45) is 51.8 Å². The zero-order chi connectivity index (χ0) is 86.6. The molecule has 119 heavy (non-hydrogen) atoms. The molecule has 3 heterocycles. The van der Waals surface area contributed by atoms with E-state index in [4.69, 9.17) is 36.1 Å². The molecule has 11 atom stereocenters. The molecule has 2 aliphatic rings. The molecule has 35 nitrogen and oxygen atoms in total. The number of aromatic nitrogens is 3. The maximum absolute atomic E-state index is 15.4. The number of fused-ring (bicyclic) bond motifs is 1. The van der Waals surface area contributed by atoms with Crippen molar-refractivity contribution < 1.29 is 96.6 Å². The van der Waals surface area contributed by atoms with E-state index in [9.17, 15) is 68.1 Å². The van der Waals surface area contributed by atoms with Crippen LogP contribution in [0, 0.1) is 29.6 Å². The lowest BCUT2D eigenvalue weighted by atomic mass is 9.82. The number of ether oxygens (including phenoxy) is 4. The number of carbonyl (C=O) groups is 13. The van der Waals surface area contributed by atoms with Crippen LogP contribution in [0.2, 0.25) is 0 Å². The highest BCUT2D eigenvalue weighted by Crippen LogP contribution is 2.29. The largest absolute Gasteiger partial charge is 0.508 e. The Bertz CT molecular complexity index is 3920. The normalized spacial score (nSPS) is 16.3. The zero-order valence-corrected chi connectivity index (χ0v) is 70.3. The van der Waals surface area contributed by atoms with Crippen molar-refractivity contribution in [1.82, 2.24) is 57.1 Å². The molecule has 1 aliphatic carbocycles. The van der Waals surface area contributed by atoms with E-state index >= 15 is 9.59 Å². The minimum atomic E-state index is -1.64. The monoisotopic (exact) mass is 1700 g/mol. The molecular formula is C82H123N15O20S2. The summed E-state index contributed by atoms with van der Waals surface area (Å²) in [4.78, 5) is 194. The third kappa shape index (κ3) is 36.6. The number of methoxy groups -OCH3 is 1. The van der Waals surface area contributed by atoms with Crippen molar-refractivity contribution in [3.63, 3.8) is 0 Å². The molecule has 8 amide bonds. The lowest BCUT2D eigenvalue weighted by Gasteiger charge is -2.32. The number of aromatic amines is 2. The molecule has 0 spiro atoms. The number of carbonyl (C=O) groups excluding carboxylic acids is 13. The SMILES string of the molecule is CCC(CO)OC(COC(=O)CCCC(=O)NCCSSCCOCCC(=O)NCCCCC(NC(=O)[C@H](CC(=O)[C@@H](CO)NC(=O)[C@H](CC(=O)[C@@H](Cc1cnc[nH]1)NC(=O)[C@H]1CCC(=O)C1)Cc1c[nH]c2ccccc12)Cc1ccc(O)cc1)C(=O)C[C@H](CC(C)C)[C@H](CCCN=C(N)N)NCC(=O)N1CCC[C@H]1C(=O)NCC(N)=O)OC. The van der Waals surface area contributed by atoms with Crippen LogP contribution in [0.15, 0.2) is 72.2 Å². The second-order valence-corrected chi connectivity index (χ2v) is 33.2. The summed E-state index contributed by atoms with van der Waals surface area (Å²) < 4.78 is 21.7. The van der Waals surface area contributed by atoms with Crippen LogP contribution >= 0.6 is 21.6 Å². The molecule has 3 unspecified atom stereocenters. The van der Waals surface area contributed by atoms with Gasteiger partial charge in [-0.05, 0) is 125 Å². The second-order valence-electron chi connectivity index (χ2n) is 30.5. The third-order valence-electron chi connectivity index (χ3n) is 20.7. The van der Waals surface area contributed by atoms with Gasteiger partial charge in [0.1, 0.15) is 30.2 Å². The van der Waals surface area contributed by atoms with Gasteiger partial charge in [0.2, 0.25) is 47.3 Å². The van der Waals surface area contributed by atoms with Crippen LogP contribution in [0.4, 0.5) is 0 Å². The van der Waals surface area contributed by atoms with Crippen LogP contribution in [0.1, 0.15) is 160 Å². The zero-order valence-electron chi connectivity index (χ0n) is 68.7. The Morgan fingerprint density at radius 2 is 1.43 bits per heavy atom. The summed E-state index contributed by atoms with van der Waals surface area (Å²) in [5, 5.41) is 51.7. The van der Waals surface area contributed by atoms with E-state index < -0.39 is 151 Å². The number of aromatic hydroxyl groups is 1. The first-order valence-corrected chi connectivity index (χ1v) is 43.5. The van der Waals surface area contributed by atoms with Gasteiger partial charge in [0.15, 0.2) is 29.6 Å². The molecule has 2 aromatic heterocycles. The van der Waals surface area contributed by atoms with Crippen molar-refractivity contribution in [2.45, 2.75) is 205 Å². The first-order valence-electron chi connectivity index (χ1n) is 41.0. The van der Waals surface area contributed by atoms with Gasteiger partial charge in [-0.25, -0.2) is 4.98 Å². The number of benzene rings is 2. The van der Waals surface area contributed by atoms with Crippen LogP contribution in [-0.4, -0.2) is 251 Å². The minimum absolute atomic E-state index is 0.0140. The summed E-state index contributed by atoms with van der Waals surface area (Å²) >= 11 is 0. The van der Waals surface area contributed by atoms with E-state index in [1.807, 2.05) is 45.0 Å². The number of unbranched alkanes of at least 4 members (excludes halogenated alkanes) is 1. The topological polar surface area (TPSA) is 542 Å². The number of imidazole rings is 1. The number of phenols is 1. The van der Waals surface area contributed by atoms with Gasteiger partial charge in [-0.1, -0.05) is 72.7 Å². The number of rotatable bonds is 61. The average molecular weight is 1700 g/mol. The number of nitrogens with one attached hydrogen (secondary N) is 9. The van der Waals surface area contributed by atoms with Gasteiger partial charge in [-0.2, -0.15) is 0 Å². The summed E-state index contributed by atoms with van der Waals surface area (Å²) in [6, 6.07) is 7.81. The highest BCUT2D eigenvalue weighted by Gasteiger charge is 2.39. The molecule has 2 aromatic carbocycles. The van der Waals surface area contributed by atoms with E-state index in [1.54, 1.807) is 18.3 Å². The number of H-pyrrole nitrogens is 2. The molecule has 4 aromatic rings. The fourth-order valence-electron chi connectivity index (χ4n) is 14.3. The standard InChI is InChI=1S/C82H123N15O20S2/c1-5-61(47-98)117-77(114-4)49-116-76(109)19-10-18-73(106)88-29-33-118-119-34-32-115-31-26-74(107)87-27-9-8-15-65(69(102)39-54(35-51(2)3)63(16-11-28-89-82(84)85)91-46-75(108)97-30-12-17-68(97)81(113)92-45-72(83)105)94-79(111)55(36-52-20-23-59(100)24-21-52)40-71(104)67(48-99)96-80(112)56(37-57-43-90-64-14-7-6-13-62(57)64)41-70(103)66(42-58-44-86-50-93-58)95-78(110)53-22-25-60(101)38-53/h6-7,13-14,20-21,23-24,43-44,50-51,53-56,61,63,65-68,77,90-91,98-100H,5,8-12,15-19,22,25-42,45-49H2,1-4H3,(H2,83,105)(H,86,93)(H,87,107)(H,88,106)(H,92,113)(H,94,111)(H,95,110)(H,96,112)(H4,84,85,89)/t53-,54-,55-,56-,61?,63-,65?,66+,67+,68-,77?/m0/s1. The summed E-state index contributed by atoms with van der Waals surface area (Å²) in [7, 11) is 4.48. The van der Waals surface area contributed by atoms with Crippen LogP contribution < -0.4 is 54.4 Å². The third-order valence-corrected chi connectivity index (χ3v) is 23.1. The number of guanidine groups is 1. The lowest BCUT2D eigenvalue weighted by molar-refractivity contribution is -0.194. The van der Waals surface area contributed by atoms with Gasteiger partial charge in [0.05, 0.1) is 64.0 Å². The van der Waals surface area contributed by atoms with Crippen LogP contribution in [0.3, 0.4) is 0 Å². The van der Waals surface area contributed by atoms with Gasteiger partial charge >= 0.3 is 5.97 Å². The summed E-state index contributed by atoms with van der Waals surface area (Å²) in [5.41, 5.74) is 19.1. The number of Topliss-reactive ketones (excluding diaryl/α,β-unsaturated/α-hetero) is 4. The molecule has 18 N–H and O–H groups in total. The van der Waals surface area contributed by atoms with E-state index in [0.29, 0.717) is 99.3 Å². The number of aliphatic imine (C=N–C) groups is 1. The maximum Gasteiger partial charge on any atom is 0.305 e. The summed E-state index contributed by atoms with van der Waals surface area (Å²) in [6.45, 7) is 5.42. The number of para-hydroxylation sites is 1. The number of nitrogens with zero attached hydrogens (tertiary/aromatic N) is 3. The fourth-order valence-corrected chi connectivity index (χ4v) is 16.1. The lowest BCUT2D eigenvalue weighted by Crippen LogP contribution is -2.51. The molecule has 37 heteroatoms. The quantitative estimate of drug-likeness (QED) is 0.00754. The molecule has 1 saturated heterocycles. The van der Waals surface area contributed by atoms with Crippen molar-refractivity contribution in [3.8, 4) is 5.75 Å². The van der Waals surface area contributed by atoms with E-state index in [1.165, 1.54) is 58.3 Å². The number of primary amides is 1. The molecule has 0 radical (unpaired) electrons. The van der Waals surface area contributed by atoms with Crippen molar-refractivity contribution in [1.29, 1.82) is 0 Å². The number of hydrogen-bond acceptors (Lipinski definition) is 25. The Labute approximate surface area is 702 Å². The first kappa shape index (κ1) is 98.5. The Hall–Kier alpha value is -9.37. The van der Waals surface area contributed by atoms with E-state index in [0.717, 1.165) is 10.9 Å². The number of phenolic OH excluding ortho intramolecular Hbond substituents is 1. The Kier molecular flexibility index (Phi) is 44.7. The van der Waals surface area contributed by atoms with Crippen LogP contribution in [-0.2, 0) is 101 Å². The van der Waals surface area contributed by atoms with E-state index in [-0.39, 0.29) is 152 Å². The van der Waals surface area contributed by atoms with Crippen molar-refractivity contribution in [2.75, 3.05) is 90.9 Å². The van der Waals surface area contributed by atoms with E-state index in [2.05, 4.69) is 57.2 Å². The average Bonchev–Trinajstić information content (AvgIpc) is 1.66. The smallest absolute Gasteiger partial charge is 0.305 e. The first-order chi connectivity index (χ1) is 57.2. The Balaban J connectivity index is 1.15. The second kappa shape index (κ2) is 54.0. The molecule has 6 rings (SSSR count). The number of nitrogens with two attached hydrogens (primary N) is 3. The Morgan fingerprint density at radius 1 is 0.723 bits per heavy atom. The summed E-state index contributed by atoms with van der Waals surface area (Å²) in [5.74, 6) is -9.16. The van der Waals surface area contributed by atoms with Crippen molar-refractivity contribution in [3.05, 3.63) is 84.1 Å². The number of hydrogen-bond donors (Lipinski definition) is 15. The number of aliphatic hydroxyl groups is 2. The van der Waals surface area contributed by atoms with Gasteiger partial charge in [-0.3, -0.25) is 67.3 Å². The molecule has 2 fully saturated rings. The van der Waals surface area contributed by atoms with Gasteiger partial charge in [0.25, 0.3) is 0 Å². The highest BCUT2D eigenvalue weighted by atomic mass is 33.1. The van der Waals surface area contributed by atoms with Gasteiger partial charge in [0, 0.05) is 155 Å². The predicted octanol–water partition coefficient (Wildman–Crippen LogP) is 2.48. The fraction of sp³-hybridized carbons (Fsp3) is 0.622. The van der Waals surface area contributed by atoms with Crippen LogP contribution in [0.25, 0.3) is 10.9 Å². The van der Waals surface area contributed by atoms with Gasteiger partial charge in [-0.15, -0.1) is 0 Å². The number of ketones is 4. The predicted molar refractivity (Wildman–Crippen MR) is 447 cm³/mol. The number of aliphatic hydroxyl groups excluding tert-OH is 2. The Morgan fingerprint density at radius 3 is 2.11 bits per heavy atom. The number of likely N-dealkylation sites (tertiary alicyclic amines) is 1. The van der Waals surface area contributed by atoms with Gasteiger partial charge < -0.3 is 104 Å². The maximum atomic E-state index is 15.4. The van der Waals surface area contributed by atoms with Crippen molar-refractivity contribution >= 4 is 115 Å². The number of amides is 8.